The molecule has 0 bridgehead atoms. The van der Waals surface area contributed by atoms with Crippen molar-refractivity contribution in [2.75, 3.05) is 11.1 Å². The van der Waals surface area contributed by atoms with Crippen LogP contribution in [0.4, 0.5) is 5.13 Å². The number of carbonyl (C=O) groups is 2. The Morgan fingerprint density at radius 1 is 1.19 bits per heavy atom. The van der Waals surface area contributed by atoms with E-state index in [0.717, 1.165) is 10.8 Å². The van der Waals surface area contributed by atoms with Gasteiger partial charge in [-0.3, -0.25) is 9.59 Å². The van der Waals surface area contributed by atoms with Gasteiger partial charge in [-0.1, -0.05) is 43.0 Å². The summed E-state index contributed by atoms with van der Waals surface area (Å²) in [6, 6.07) is 7.72. The summed E-state index contributed by atoms with van der Waals surface area (Å²) in [5.74, 6) is 0.272. The first-order valence-electron chi connectivity index (χ1n) is 8.02. The van der Waals surface area contributed by atoms with Crippen LogP contribution in [-0.2, 0) is 17.6 Å². The van der Waals surface area contributed by atoms with E-state index in [1.807, 2.05) is 29.6 Å². The third-order valence-corrected chi connectivity index (χ3v) is 6.32. The van der Waals surface area contributed by atoms with Crippen LogP contribution in [0.3, 0.4) is 0 Å². The van der Waals surface area contributed by atoms with Crippen molar-refractivity contribution in [1.82, 2.24) is 9.97 Å². The van der Waals surface area contributed by atoms with E-state index in [1.165, 1.54) is 40.0 Å². The van der Waals surface area contributed by atoms with E-state index in [4.69, 9.17) is 0 Å². The molecule has 0 fully saturated rings. The molecule has 2 heterocycles. The van der Waals surface area contributed by atoms with Gasteiger partial charge >= 0.3 is 0 Å². The number of nitrogens with one attached hydrogen (secondary N) is 1. The number of thioether (sulfide) groups is 1. The quantitative estimate of drug-likeness (QED) is 0.448. The smallest absolute Gasteiger partial charge is 0.232 e. The molecule has 0 aliphatic carbocycles. The largest absolute Gasteiger partial charge is 0.302 e. The van der Waals surface area contributed by atoms with Crippen molar-refractivity contribution < 1.29 is 9.59 Å². The van der Waals surface area contributed by atoms with E-state index in [-0.39, 0.29) is 18.1 Å². The molecule has 0 aliphatic heterocycles. The highest BCUT2D eigenvalue weighted by Crippen LogP contribution is 2.24. The van der Waals surface area contributed by atoms with Crippen LogP contribution in [0.1, 0.15) is 28.5 Å². The molecule has 0 aliphatic rings. The van der Waals surface area contributed by atoms with Gasteiger partial charge in [-0.05, 0) is 12.0 Å². The number of amides is 1. The maximum Gasteiger partial charge on any atom is 0.232 e. The molecule has 0 spiro atoms. The van der Waals surface area contributed by atoms with Gasteiger partial charge in [0.1, 0.15) is 0 Å². The average Bonchev–Trinajstić information content (AvgIpc) is 3.31. The second-order valence-electron chi connectivity index (χ2n) is 5.43. The zero-order chi connectivity index (χ0) is 18.4. The Morgan fingerprint density at radius 3 is 2.69 bits per heavy atom. The van der Waals surface area contributed by atoms with Crippen LogP contribution in [0.2, 0.25) is 0 Å². The lowest BCUT2D eigenvalue weighted by atomic mass is 10.1. The van der Waals surface area contributed by atoms with Crippen molar-refractivity contribution in [1.29, 1.82) is 0 Å². The number of nitrogens with zero attached hydrogens (tertiary/aromatic N) is 2. The maximum absolute atomic E-state index is 12.3. The van der Waals surface area contributed by atoms with Gasteiger partial charge in [0.25, 0.3) is 0 Å². The molecule has 0 radical (unpaired) electrons. The van der Waals surface area contributed by atoms with Crippen molar-refractivity contribution in [2.24, 2.45) is 0 Å². The minimum Gasteiger partial charge on any atom is -0.302 e. The third-order valence-electron chi connectivity index (χ3n) is 3.56. The van der Waals surface area contributed by atoms with Gasteiger partial charge in [0.15, 0.2) is 15.3 Å². The lowest BCUT2D eigenvalue weighted by Crippen LogP contribution is -2.14. The molecule has 0 unspecified atom stereocenters. The lowest BCUT2D eigenvalue weighted by Gasteiger charge is -2.01. The molecule has 5 nitrogen and oxygen atoms in total. The summed E-state index contributed by atoms with van der Waals surface area (Å²) in [6.07, 6.45) is 2.80. The Labute approximate surface area is 163 Å². The first kappa shape index (κ1) is 18.8. The maximum atomic E-state index is 12.3. The minimum atomic E-state index is -0.145. The van der Waals surface area contributed by atoms with Gasteiger partial charge in [-0.15, -0.1) is 22.7 Å². The second kappa shape index (κ2) is 9.07. The van der Waals surface area contributed by atoms with Crippen molar-refractivity contribution in [3.63, 3.8) is 0 Å². The van der Waals surface area contributed by atoms with Crippen LogP contribution in [0, 0.1) is 0 Å². The zero-order valence-corrected chi connectivity index (χ0v) is 16.5. The highest BCUT2D eigenvalue weighted by molar-refractivity contribution is 8.01. The number of hydrogen-bond donors (Lipinski definition) is 1. The molecular weight excluding hydrogens is 386 g/mol. The monoisotopic (exact) mass is 403 g/mol. The predicted octanol–water partition coefficient (Wildman–Crippen LogP) is 4.32. The Hall–Kier alpha value is -2.03. The van der Waals surface area contributed by atoms with Gasteiger partial charge in [-0.25, -0.2) is 9.97 Å². The van der Waals surface area contributed by atoms with Crippen LogP contribution in [0.15, 0.2) is 45.6 Å². The van der Waals surface area contributed by atoms with Gasteiger partial charge in [-0.2, -0.15) is 0 Å². The fraction of sp³-hybridized carbons (Fsp3) is 0.222. The number of carbonyl (C=O) groups excluding carboxylic acids is 2. The number of benzene rings is 1. The summed E-state index contributed by atoms with van der Waals surface area (Å²) in [4.78, 5) is 32.7. The molecule has 1 aromatic carbocycles. The van der Waals surface area contributed by atoms with Gasteiger partial charge < -0.3 is 5.32 Å². The number of aromatic nitrogens is 2. The normalized spacial score (nSPS) is 10.7. The van der Waals surface area contributed by atoms with Crippen LogP contribution in [0.25, 0.3) is 0 Å². The predicted molar refractivity (Wildman–Crippen MR) is 107 cm³/mol. The Balaban J connectivity index is 1.49. The van der Waals surface area contributed by atoms with E-state index in [2.05, 4.69) is 22.2 Å². The Bertz CT molecular complexity index is 873. The van der Waals surface area contributed by atoms with Crippen molar-refractivity contribution in [2.45, 2.75) is 24.1 Å². The number of ketones is 1. The van der Waals surface area contributed by atoms with Crippen molar-refractivity contribution in [3.05, 3.63) is 58.0 Å². The summed E-state index contributed by atoms with van der Waals surface area (Å²) < 4.78 is 0.792. The molecule has 1 amide bonds. The first-order chi connectivity index (χ1) is 12.6. The highest BCUT2D eigenvalue weighted by atomic mass is 32.2. The van der Waals surface area contributed by atoms with Crippen molar-refractivity contribution in [3.8, 4) is 0 Å². The minimum absolute atomic E-state index is 0.0796. The number of Topliss-reactive ketones (excluding diaryl/α,β-unsaturated/α-hetero) is 1. The topological polar surface area (TPSA) is 72.0 Å². The summed E-state index contributed by atoms with van der Waals surface area (Å²) in [6.45, 7) is 2.09. The average molecular weight is 404 g/mol. The summed E-state index contributed by atoms with van der Waals surface area (Å²) >= 11 is 4.23. The fourth-order valence-corrected chi connectivity index (χ4v) is 4.47. The van der Waals surface area contributed by atoms with Crippen molar-refractivity contribution >= 4 is 51.3 Å². The standard InChI is InChI=1S/C18H17N3O2S3/c1-2-12-3-5-13(6-4-12)15(22)11-26-18-20-14(10-25-18)9-16(23)21-17-19-7-8-24-17/h3-8,10H,2,9,11H2,1H3,(H,19,21,23). The molecule has 0 atom stereocenters. The molecule has 3 rings (SSSR count). The van der Waals surface area contributed by atoms with Gasteiger partial charge in [0.2, 0.25) is 5.91 Å². The molecule has 1 N–H and O–H groups in total. The highest BCUT2D eigenvalue weighted by Gasteiger charge is 2.12. The Morgan fingerprint density at radius 2 is 2.00 bits per heavy atom. The molecule has 0 saturated carbocycles. The lowest BCUT2D eigenvalue weighted by molar-refractivity contribution is -0.115. The summed E-state index contributed by atoms with van der Waals surface area (Å²) in [7, 11) is 0. The van der Waals surface area contributed by atoms with Crippen LogP contribution in [0.5, 0.6) is 0 Å². The van der Waals surface area contributed by atoms with E-state index in [0.29, 0.717) is 22.1 Å². The first-order valence-corrected chi connectivity index (χ1v) is 10.8. The van der Waals surface area contributed by atoms with Crippen LogP contribution in [-0.4, -0.2) is 27.4 Å². The van der Waals surface area contributed by atoms with E-state index < -0.39 is 0 Å². The molecule has 0 saturated heterocycles. The zero-order valence-electron chi connectivity index (χ0n) is 14.1. The molecule has 3 aromatic rings. The van der Waals surface area contributed by atoms with Crippen LogP contribution >= 0.6 is 34.4 Å². The number of hydrogen-bond acceptors (Lipinski definition) is 7. The SMILES string of the molecule is CCc1ccc(C(=O)CSc2nc(CC(=O)Nc3nccs3)cs2)cc1. The van der Waals surface area contributed by atoms with Gasteiger partial charge in [0, 0.05) is 22.5 Å². The Kier molecular flexibility index (Phi) is 6.54. The van der Waals surface area contributed by atoms with E-state index in [1.54, 1.807) is 11.6 Å². The van der Waals surface area contributed by atoms with E-state index >= 15 is 0 Å². The summed E-state index contributed by atoms with van der Waals surface area (Å²) in [5, 5.41) is 6.97. The second-order valence-corrected chi connectivity index (χ2v) is 8.40. The fourth-order valence-electron chi connectivity index (χ4n) is 2.19. The molecule has 26 heavy (non-hydrogen) atoms. The summed E-state index contributed by atoms with van der Waals surface area (Å²) in [5.41, 5.74) is 2.63. The number of anilines is 1. The molecule has 8 heteroatoms. The van der Waals surface area contributed by atoms with Gasteiger partial charge in [0.05, 0.1) is 17.9 Å². The molecular formula is C18H17N3O2S3. The number of rotatable bonds is 8. The molecule has 134 valence electrons. The number of aryl methyl sites for hydroxylation is 1. The van der Waals surface area contributed by atoms with E-state index in [9.17, 15) is 9.59 Å². The van der Waals surface area contributed by atoms with Crippen LogP contribution < -0.4 is 5.32 Å². The third kappa shape index (κ3) is 5.23. The molecule has 2 aromatic heterocycles. The number of thiazole rings is 2.